The normalized spacial score (nSPS) is 17.1. The second-order valence-corrected chi connectivity index (χ2v) is 8.51. The van der Waals surface area contributed by atoms with Crippen LogP contribution >= 0.6 is 0 Å². The van der Waals surface area contributed by atoms with Gasteiger partial charge in [-0.15, -0.1) is 0 Å². The number of carbonyl (C=O) groups excluding carboxylic acids is 1. The number of unbranched alkanes of at least 4 members (excludes halogenated alkanes) is 1. The summed E-state index contributed by atoms with van der Waals surface area (Å²) in [4.78, 5) is 46.7. The number of H-pyrrole nitrogens is 1. The molecule has 170 valence electrons. The molecule has 9 nitrogen and oxygen atoms in total. The van der Waals surface area contributed by atoms with E-state index in [4.69, 9.17) is 10.7 Å². The number of primary amides is 1. The maximum absolute atomic E-state index is 12.8. The van der Waals surface area contributed by atoms with Gasteiger partial charge in [0.15, 0.2) is 11.2 Å². The molecule has 0 aliphatic carbocycles. The lowest BCUT2D eigenvalue weighted by Gasteiger charge is -2.30. The Labute approximate surface area is 185 Å². The maximum atomic E-state index is 12.8. The van der Waals surface area contributed by atoms with Crippen molar-refractivity contribution in [2.24, 2.45) is 11.7 Å². The molecule has 3 aromatic rings. The van der Waals surface area contributed by atoms with Crippen LogP contribution in [0.25, 0.3) is 11.2 Å². The molecule has 3 heterocycles. The van der Waals surface area contributed by atoms with E-state index in [9.17, 15) is 14.4 Å². The predicted octanol–water partition coefficient (Wildman–Crippen LogP) is 1.43. The van der Waals surface area contributed by atoms with Crippen molar-refractivity contribution in [1.82, 2.24) is 24.0 Å². The smallest absolute Gasteiger partial charge is 0.330 e. The topological polar surface area (TPSA) is 119 Å². The van der Waals surface area contributed by atoms with Gasteiger partial charge in [-0.3, -0.25) is 24.0 Å². The highest BCUT2D eigenvalue weighted by Crippen LogP contribution is 2.20. The number of aryl methyl sites for hydroxylation is 1. The Balaban J connectivity index is 1.77. The Hall–Kier alpha value is -3.20. The van der Waals surface area contributed by atoms with E-state index in [2.05, 4.69) is 16.8 Å². The largest absolute Gasteiger partial charge is 0.369 e. The summed E-state index contributed by atoms with van der Waals surface area (Å²) in [5, 5.41) is 0. The first kappa shape index (κ1) is 22.0. The number of rotatable bonds is 8. The van der Waals surface area contributed by atoms with Crippen LogP contribution in [0, 0.1) is 5.92 Å². The number of aromatic amines is 1. The molecule has 0 radical (unpaired) electrons. The number of likely N-dealkylation sites (tertiary alicyclic amines) is 1. The Morgan fingerprint density at radius 2 is 1.97 bits per heavy atom. The number of fused-ring (bicyclic) bond motifs is 1. The summed E-state index contributed by atoms with van der Waals surface area (Å²) >= 11 is 0. The van der Waals surface area contributed by atoms with Gasteiger partial charge >= 0.3 is 5.69 Å². The average Bonchev–Trinajstić information content (AvgIpc) is 3.14. The lowest BCUT2D eigenvalue weighted by molar-refractivity contribution is -0.123. The Morgan fingerprint density at radius 3 is 2.69 bits per heavy atom. The number of aromatic nitrogens is 4. The highest BCUT2D eigenvalue weighted by molar-refractivity contribution is 5.77. The van der Waals surface area contributed by atoms with Crippen LogP contribution in [0.15, 0.2) is 39.9 Å². The van der Waals surface area contributed by atoms with Gasteiger partial charge in [0, 0.05) is 13.1 Å². The fourth-order valence-electron chi connectivity index (χ4n) is 4.44. The van der Waals surface area contributed by atoms with Gasteiger partial charge < -0.3 is 10.3 Å². The number of amides is 1. The van der Waals surface area contributed by atoms with Crippen LogP contribution in [0.1, 0.15) is 44.0 Å². The monoisotopic (exact) mass is 438 g/mol. The first-order chi connectivity index (χ1) is 15.5. The Bertz CT molecular complexity index is 1210. The van der Waals surface area contributed by atoms with Crippen molar-refractivity contribution in [2.75, 3.05) is 13.1 Å². The molecule has 2 aromatic heterocycles. The molecule has 0 bridgehead atoms. The summed E-state index contributed by atoms with van der Waals surface area (Å²) in [7, 11) is 0. The van der Waals surface area contributed by atoms with Crippen molar-refractivity contribution < 1.29 is 4.79 Å². The van der Waals surface area contributed by atoms with E-state index >= 15 is 0 Å². The molecule has 9 heteroatoms. The minimum absolute atomic E-state index is 0.170. The molecule has 1 saturated heterocycles. The van der Waals surface area contributed by atoms with Crippen LogP contribution in [0.4, 0.5) is 0 Å². The standard InChI is InChI=1S/C23H30N6O3/c1-2-3-12-28-18(15-27-11-7-10-17(14-27)20(24)30)25-21-19(28)22(31)26-23(32)29(21)13-16-8-5-4-6-9-16/h4-6,8-9,17H,2-3,7,10-15H2,1H3,(H2,24,30)(H,26,31,32)/t17-/m0/s1. The van der Waals surface area contributed by atoms with Gasteiger partial charge in [-0.25, -0.2) is 9.78 Å². The zero-order chi connectivity index (χ0) is 22.7. The molecule has 1 aliphatic heterocycles. The zero-order valence-corrected chi connectivity index (χ0v) is 18.4. The minimum atomic E-state index is -0.468. The molecule has 0 spiro atoms. The Kier molecular flexibility index (Phi) is 6.55. The van der Waals surface area contributed by atoms with Crippen molar-refractivity contribution in [3.8, 4) is 0 Å². The van der Waals surface area contributed by atoms with Crippen LogP contribution in [-0.2, 0) is 24.4 Å². The van der Waals surface area contributed by atoms with E-state index in [1.807, 2.05) is 34.9 Å². The van der Waals surface area contributed by atoms with Crippen LogP contribution in [0.5, 0.6) is 0 Å². The van der Waals surface area contributed by atoms with E-state index in [0.717, 1.165) is 43.6 Å². The third-order valence-corrected chi connectivity index (χ3v) is 6.16. The first-order valence-electron chi connectivity index (χ1n) is 11.3. The van der Waals surface area contributed by atoms with Gasteiger partial charge in [-0.2, -0.15) is 0 Å². The predicted molar refractivity (Wildman–Crippen MR) is 122 cm³/mol. The average molecular weight is 439 g/mol. The van der Waals surface area contributed by atoms with Gasteiger partial charge in [-0.1, -0.05) is 43.7 Å². The zero-order valence-electron chi connectivity index (χ0n) is 18.4. The SMILES string of the molecule is CCCCn1c(CN2CCC[C@H](C(N)=O)C2)nc2c1c(=O)[nH]c(=O)n2Cc1ccccc1. The third kappa shape index (κ3) is 4.52. The summed E-state index contributed by atoms with van der Waals surface area (Å²) in [6.07, 6.45) is 3.55. The molecule has 0 unspecified atom stereocenters. The van der Waals surface area contributed by atoms with E-state index in [0.29, 0.717) is 37.3 Å². The minimum Gasteiger partial charge on any atom is -0.369 e. The first-order valence-corrected chi connectivity index (χ1v) is 11.3. The van der Waals surface area contributed by atoms with Gasteiger partial charge in [-0.05, 0) is 31.4 Å². The van der Waals surface area contributed by atoms with Crippen molar-refractivity contribution in [1.29, 1.82) is 0 Å². The van der Waals surface area contributed by atoms with Crippen molar-refractivity contribution >= 4 is 17.1 Å². The molecule has 0 saturated carbocycles. The number of nitrogens with two attached hydrogens (primary N) is 1. The second kappa shape index (κ2) is 9.52. The molecule has 1 aliphatic rings. The molecule has 4 rings (SSSR count). The van der Waals surface area contributed by atoms with Crippen LogP contribution in [0.3, 0.4) is 0 Å². The summed E-state index contributed by atoms with van der Waals surface area (Å²) in [6.45, 7) is 4.98. The summed E-state index contributed by atoms with van der Waals surface area (Å²) in [5.74, 6) is 0.288. The Morgan fingerprint density at radius 1 is 1.19 bits per heavy atom. The van der Waals surface area contributed by atoms with Crippen molar-refractivity contribution in [3.63, 3.8) is 0 Å². The van der Waals surface area contributed by atoms with Crippen LogP contribution in [-0.4, -0.2) is 43.0 Å². The number of nitrogens with zero attached hydrogens (tertiary/aromatic N) is 4. The van der Waals surface area contributed by atoms with Gasteiger partial charge in [0.25, 0.3) is 5.56 Å². The quantitative estimate of drug-likeness (QED) is 0.551. The molecule has 32 heavy (non-hydrogen) atoms. The summed E-state index contributed by atoms with van der Waals surface area (Å²) < 4.78 is 3.47. The number of hydrogen-bond donors (Lipinski definition) is 2. The number of imidazole rings is 1. The molecule has 3 N–H and O–H groups in total. The van der Waals surface area contributed by atoms with Crippen LogP contribution < -0.4 is 17.0 Å². The molecule has 1 atom stereocenters. The lowest BCUT2D eigenvalue weighted by atomic mass is 9.97. The third-order valence-electron chi connectivity index (χ3n) is 6.16. The van der Waals surface area contributed by atoms with Crippen molar-refractivity contribution in [3.05, 3.63) is 62.6 Å². The number of hydrogen-bond acceptors (Lipinski definition) is 5. The fraction of sp³-hybridized carbons (Fsp3) is 0.478. The molecular weight excluding hydrogens is 408 g/mol. The number of piperidine rings is 1. The van der Waals surface area contributed by atoms with Gasteiger partial charge in [0.1, 0.15) is 5.82 Å². The number of nitrogens with one attached hydrogen (secondary N) is 1. The number of carbonyl (C=O) groups is 1. The highest BCUT2D eigenvalue weighted by atomic mass is 16.2. The summed E-state index contributed by atoms with van der Waals surface area (Å²) in [5.41, 5.74) is 6.43. The van der Waals surface area contributed by atoms with E-state index in [-0.39, 0.29) is 11.8 Å². The van der Waals surface area contributed by atoms with E-state index < -0.39 is 11.2 Å². The number of benzene rings is 1. The molecule has 1 aromatic carbocycles. The summed E-state index contributed by atoms with van der Waals surface area (Å²) in [6, 6.07) is 9.64. The molecule has 1 amide bonds. The van der Waals surface area contributed by atoms with E-state index in [1.165, 1.54) is 4.57 Å². The molecule has 1 fully saturated rings. The van der Waals surface area contributed by atoms with E-state index in [1.54, 1.807) is 0 Å². The highest BCUT2D eigenvalue weighted by Gasteiger charge is 2.26. The molecular formula is C23H30N6O3. The van der Waals surface area contributed by atoms with Gasteiger partial charge in [0.2, 0.25) is 5.91 Å². The fourth-order valence-corrected chi connectivity index (χ4v) is 4.44. The maximum Gasteiger partial charge on any atom is 0.330 e. The van der Waals surface area contributed by atoms with Crippen LogP contribution in [0.2, 0.25) is 0 Å². The van der Waals surface area contributed by atoms with Gasteiger partial charge in [0.05, 0.1) is 19.0 Å². The lowest BCUT2D eigenvalue weighted by Crippen LogP contribution is -2.41. The second-order valence-electron chi connectivity index (χ2n) is 8.51. The van der Waals surface area contributed by atoms with Crippen molar-refractivity contribution in [2.45, 2.75) is 52.2 Å².